The van der Waals surface area contributed by atoms with Crippen LogP contribution in [0.4, 0.5) is 0 Å². The Morgan fingerprint density at radius 3 is 2.50 bits per heavy atom. The number of rotatable bonds is 8. The zero-order chi connectivity index (χ0) is 27.1. The molecule has 0 aliphatic heterocycles. The van der Waals surface area contributed by atoms with Gasteiger partial charge >= 0.3 is 8.53 Å². The third-order valence-corrected chi connectivity index (χ3v) is 12.4. The molecule has 2 fully saturated rings. The lowest BCUT2D eigenvalue weighted by molar-refractivity contribution is -0.0803. The van der Waals surface area contributed by atoms with Crippen molar-refractivity contribution in [1.82, 2.24) is 0 Å². The summed E-state index contributed by atoms with van der Waals surface area (Å²) in [5.74, 6) is 3.17. The van der Waals surface area contributed by atoms with Crippen molar-refractivity contribution in [2.24, 2.45) is 39.5 Å². The Bertz CT molecular complexity index is 1040. The van der Waals surface area contributed by atoms with Crippen molar-refractivity contribution in [3.8, 4) is 5.75 Å². The van der Waals surface area contributed by atoms with Gasteiger partial charge in [0.05, 0.1) is 6.10 Å². The van der Waals surface area contributed by atoms with Gasteiger partial charge in [-0.05, 0) is 131 Å². The lowest BCUT2D eigenvalue weighted by Gasteiger charge is -2.60. The van der Waals surface area contributed by atoms with Crippen LogP contribution >= 0.6 is 8.53 Å². The lowest BCUT2D eigenvalue weighted by Crippen LogP contribution is -2.54. The fourth-order valence-electron chi connectivity index (χ4n) is 9.53. The van der Waals surface area contributed by atoms with Crippen LogP contribution in [0, 0.1) is 34.0 Å². The SMILES string of the molecule is CC(C)=CCCCC1CCC2C3=C(CCC12C)C1(C)CCC(OP(N)Oc2ccccc2)C(C)(C)C1CC3. The Morgan fingerprint density at radius 1 is 1.00 bits per heavy atom. The summed E-state index contributed by atoms with van der Waals surface area (Å²) in [6.45, 7) is 14.6. The van der Waals surface area contributed by atoms with Gasteiger partial charge in [-0.25, -0.2) is 0 Å². The van der Waals surface area contributed by atoms with Gasteiger partial charge in [-0.2, -0.15) is 0 Å². The van der Waals surface area contributed by atoms with Gasteiger partial charge in [-0.1, -0.05) is 68.7 Å². The molecule has 4 aliphatic carbocycles. The molecule has 7 atom stereocenters. The van der Waals surface area contributed by atoms with Crippen molar-refractivity contribution in [1.29, 1.82) is 0 Å². The maximum absolute atomic E-state index is 6.50. The summed E-state index contributed by atoms with van der Waals surface area (Å²) in [6, 6.07) is 9.87. The zero-order valence-electron chi connectivity index (χ0n) is 24.9. The van der Waals surface area contributed by atoms with Gasteiger partial charge in [0.25, 0.3) is 0 Å². The van der Waals surface area contributed by atoms with Crippen molar-refractivity contribution in [3.05, 3.63) is 53.1 Å². The lowest BCUT2D eigenvalue weighted by atomic mass is 9.46. The van der Waals surface area contributed by atoms with Gasteiger partial charge in [0.2, 0.25) is 0 Å². The Kier molecular flexibility index (Phi) is 8.23. The van der Waals surface area contributed by atoms with Crippen LogP contribution in [-0.2, 0) is 4.52 Å². The van der Waals surface area contributed by atoms with E-state index in [0.717, 1.165) is 24.0 Å². The van der Waals surface area contributed by atoms with Crippen LogP contribution in [0.3, 0.4) is 0 Å². The molecule has 1 aromatic rings. The van der Waals surface area contributed by atoms with E-state index >= 15 is 0 Å². The van der Waals surface area contributed by atoms with E-state index in [1.165, 1.54) is 69.8 Å². The highest BCUT2D eigenvalue weighted by Crippen LogP contribution is 2.68. The summed E-state index contributed by atoms with van der Waals surface area (Å²) in [6.07, 6.45) is 17.1. The summed E-state index contributed by atoms with van der Waals surface area (Å²) >= 11 is 0. The van der Waals surface area contributed by atoms with Crippen LogP contribution in [0.5, 0.6) is 5.75 Å². The van der Waals surface area contributed by atoms with Crippen LogP contribution in [0.15, 0.2) is 53.1 Å². The first kappa shape index (κ1) is 28.4. The molecule has 2 N–H and O–H groups in total. The van der Waals surface area contributed by atoms with Gasteiger partial charge in [0.15, 0.2) is 0 Å². The third-order valence-electron chi connectivity index (χ3n) is 11.5. The smallest absolute Gasteiger partial charge is 0.315 e. The number of unbranched alkanes of at least 4 members (excludes halogenated alkanes) is 1. The first-order chi connectivity index (χ1) is 18.1. The average molecular weight is 538 g/mol. The standard InChI is InChI=1S/C34H52NO2P/c1-24(2)12-10-11-13-25-16-18-28-27-17-19-30-32(3,4)31(37-38(35)36-26-14-8-7-9-15-26)21-23-34(30,6)29(27)20-22-33(25,28)5/h7-9,12,14-15,25,28,30-31H,10-11,13,16-23,35H2,1-6H3. The van der Waals surface area contributed by atoms with Gasteiger partial charge < -0.3 is 9.05 Å². The first-order valence-electron chi connectivity index (χ1n) is 15.4. The first-order valence-corrected chi connectivity index (χ1v) is 16.6. The average Bonchev–Trinajstić information content (AvgIpc) is 3.20. The Morgan fingerprint density at radius 2 is 1.76 bits per heavy atom. The molecule has 0 saturated heterocycles. The zero-order valence-corrected chi connectivity index (χ0v) is 25.8. The Labute approximate surface area is 234 Å². The van der Waals surface area contributed by atoms with E-state index in [9.17, 15) is 0 Å². The summed E-state index contributed by atoms with van der Waals surface area (Å²) in [4.78, 5) is 0. The minimum atomic E-state index is -1.44. The van der Waals surface area contributed by atoms with Crippen molar-refractivity contribution in [2.45, 2.75) is 118 Å². The fourth-order valence-corrected chi connectivity index (χ4v) is 10.5. The van der Waals surface area contributed by atoms with Crippen molar-refractivity contribution in [2.75, 3.05) is 0 Å². The molecule has 0 radical (unpaired) electrons. The second-order valence-electron chi connectivity index (χ2n) is 14.2. The highest BCUT2D eigenvalue weighted by Gasteiger charge is 2.59. The Hall–Kier alpha value is -1.15. The molecular formula is C34H52NO2P. The molecule has 0 spiro atoms. The molecule has 38 heavy (non-hydrogen) atoms. The van der Waals surface area contributed by atoms with E-state index in [2.05, 4.69) is 47.6 Å². The predicted molar refractivity (Wildman–Crippen MR) is 161 cm³/mol. The molecule has 0 heterocycles. The molecule has 210 valence electrons. The molecule has 3 nitrogen and oxygen atoms in total. The molecule has 0 aromatic heterocycles. The summed E-state index contributed by atoms with van der Waals surface area (Å²) in [5, 5.41) is 0. The molecule has 0 amide bonds. The number of hydrogen-bond donors (Lipinski definition) is 1. The van der Waals surface area contributed by atoms with Crippen LogP contribution in [0.25, 0.3) is 0 Å². The van der Waals surface area contributed by atoms with Crippen LogP contribution in [-0.4, -0.2) is 6.10 Å². The molecule has 4 heteroatoms. The van der Waals surface area contributed by atoms with Crippen LogP contribution in [0.2, 0.25) is 0 Å². The van der Waals surface area contributed by atoms with Crippen LogP contribution in [0.1, 0.15) is 112 Å². The van der Waals surface area contributed by atoms with Gasteiger partial charge in [0, 0.05) is 0 Å². The fraction of sp³-hybridized carbons (Fsp3) is 0.706. The van der Waals surface area contributed by atoms with Crippen molar-refractivity contribution < 1.29 is 9.05 Å². The highest BCUT2D eigenvalue weighted by molar-refractivity contribution is 7.44. The van der Waals surface area contributed by atoms with E-state index < -0.39 is 8.53 Å². The molecule has 0 bridgehead atoms. The van der Waals surface area contributed by atoms with E-state index in [4.69, 9.17) is 14.6 Å². The largest absolute Gasteiger partial charge is 0.436 e. The maximum atomic E-state index is 6.50. The number of fused-ring (bicyclic) bond motifs is 4. The minimum absolute atomic E-state index is 0.0788. The third kappa shape index (κ3) is 5.17. The number of nitrogens with two attached hydrogens (primary N) is 1. The molecule has 4 aliphatic rings. The number of hydrogen-bond acceptors (Lipinski definition) is 3. The van der Waals surface area contributed by atoms with Gasteiger partial charge in [0.1, 0.15) is 5.75 Å². The van der Waals surface area contributed by atoms with Gasteiger partial charge in [-0.3, -0.25) is 5.50 Å². The monoisotopic (exact) mass is 537 g/mol. The van der Waals surface area contributed by atoms with E-state index in [1.807, 2.05) is 41.5 Å². The quantitative estimate of drug-likeness (QED) is 0.204. The molecule has 7 unspecified atom stereocenters. The van der Waals surface area contributed by atoms with Crippen molar-refractivity contribution >= 4 is 8.53 Å². The summed E-state index contributed by atoms with van der Waals surface area (Å²) in [5.41, 5.74) is 12.5. The molecule has 1 aromatic carbocycles. The summed E-state index contributed by atoms with van der Waals surface area (Å²) < 4.78 is 12.5. The molecule has 2 saturated carbocycles. The van der Waals surface area contributed by atoms with Crippen LogP contribution < -0.4 is 10.0 Å². The summed E-state index contributed by atoms with van der Waals surface area (Å²) in [7, 11) is -1.44. The highest BCUT2D eigenvalue weighted by atomic mass is 31.2. The number of para-hydroxylation sites is 1. The molecular weight excluding hydrogens is 485 g/mol. The second kappa shape index (κ2) is 11.0. The van der Waals surface area contributed by atoms with E-state index in [0.29, 0.717) is 16.7 Å². The normalized spacial score (nSPS) is 36.6. The van der Waals surface area contributed by atoms with E-state index in [-0.39, 0.29) is 11.5 Å². The maximum Gasteiger partial charge on any atom is 0.315 e. The Balaban J connectivity index is 1.29. The predicted octanol–water partition coefficient (Wildman–Crippen LogP) is 10.1. The number of allylic oxidation sites excluding steroid dienone is 4. The topological polar surface area (TPSA) is 44.5 Å². The van der Waals surface area contributed by atoms with Crippen molar-refractivity contribution in [3.63, 3.8) is 0 Å². The number of benzene rings is 1. The molecule has 5 rings (SSSR count). The van der Waals surface area contributed by atoms with E-state index in [1.54, 1.807) is 0 Å². The van der Waals surface area contributed by atoms with Gasteiger partial charge in [-0.15, -0.1) is 0 Å². The second-order valence-corrected chi connectivity index (χ2v) is 15.2. The minimum Gasteiger partial charge on any atom is -0.436 e.